The van der Waals surface area contributed by atoms with E-state index in [-0.39, 0.29) is 26.1 Å². The van der Waals surface area contributed by atoms with Gasteiger partial charge in [0.1, 0.15) is 0 Å². The number of aliphatic carboxylic acids is 2. The lowest BCUT2D eigenvalue weighted by Crippen LogP contribution is -2.55. The summed E-state index contributed by atoms with van der Waals surface area (Å²) in [5, 5.41) is 21.1. The second kappa shape index (κ2) is 5.44. The molecule has 2 rings (SSSR count). The largest absolute Gasteiger partial charge is 0.481 e. The van der Waals surface area contributed by atoms with Crippen molar-refractivity contribution in [1.82, 2.24) is 5.32 Å². The number of hydrogen-bond acceptors (Lipinski definition) is 5. The first kappa shape index (κ1) is 14.2. The summed E-state index contributed by atoms with van der Waals surface area (Å²) in [6, 6.07) is 0. The number of carbonyl (C=O) groups is 2. The van der Waals surface area contributed by atoms with Crippen LogP contribution in [0.25, 0.3) is 0 Å². The summed E-state index contributed by atoms with van der Waals surface area (Å²) in [6.45, 7) is 1.80. The Kier molecular flexibility index (Phi) is 4.07. The quantitative estimate of drug-likeness (QED) is 0.664. The SMILES string of the molecule is O=C(O)CC1(CC(=O)O)COC2(CCNCC2)OC1. The lowest BCUT2D eigenvalue weighted by Gasteiger charge is -2.47. The third-order valence-electron chi connectivity index (χ3n) is 3.70. The first-order valence-electron chi connectivity index (χ1n) is 6.38. The summed E-state index contributed by atoms with van der Waals surface area (Å²) in [7, 11) is 0. The van der Waals surface area contributed by atoms with Crippen LogP contribution >= 0.6 is 0 Å². The Hall–Kier alpha value is -1.18. The van der Waals surface area contributed by atoms with E-state index in [1.807, 2.05) is 0 Å². The van der Waals surface area contributed by atoms with E-state index in [1.165, 1.54) is 0 Å². The molecule has 0 radical (unpaired) electrons. The van der Waals surface area contributed by atoms with Crippen LogP contribution in [0.4, 0.5) is 0 Å². The zero-order valence-corrected chi connectivity index (χ0v) is 10.7. The van der Waals surface area contributed by atoms with Gasteiger partial charge >= 0.3 is 11.9 Å². The number of carboxylic acid groups (broad SMARTS) is 2. The van der Waals surface area contributed by atoms with E-state index in [9.17, 15) is 9.59 Å². The highest BCUT2D eigenvalue weighted by Crippen LogP contribution is 2.39. The van der Waals surface area contributed by atoms with Crippen molar-refractivity contribution in [2.45, 2.75) is 31.5 Å². The van der Waals surface area contributed by atoms with Crippen LogP contribution < -0.4 is 5.32 Å². The second-order valence-corrected chi connectivity index (χ2v) is 5.38. The average Bonchev–Trinajstić information content (AvgIpc) is 2.33. The first-order valence-corrected chi connectivity index (χ1v) is 6.38. The van der Waals surface area contributed by atoms with Gasteiger partial charge in [0.25, 0.3) is 0 Å². The molecular formula is C12H19NO6. The molecule has 2 aliphatic heterocycles. The molecule has 3 N–H and O–H groups in total. The van der Waals surface area contributed by atoms with Crippen LogP contribution in [0.15, 0.2) is 0 Å². The Morgan fingerprint density at radius 3 is 1.89 bits per heavy atom. The van der Waals surface area contributed by atoms with Crippen molar-refractivity contribution in [1.29, 1.82) is 0 Å². The highest BCUT2D eigenvalue weighted by atomic mass is 16.7. The fourth-order valence-corrected chi connectivity index (χ4v) is 2.66. The Bertz CT molecular complexity index is 335. The highest BCUT2D eigenvalue weighted by molar-refractivity contribution is 5.72. The Balaban J connectivity index is 2.03. The van der Waals surface area contributed by atoms with E-state index >= 15 is 0 Å². The average molecular weight is 273 g/mol. The predicted molar refractivity (Wildman–Crippen MR) is 63.7 cm³/mol. The van der Waals surface area contributed by atoms with Crippen LogP contribution in [0.5, 0.6) is 0 Å². The molecule has 0 unspecified atom stereocenters. The monoisotopic (exact) mass is 273 g/mol. The molecule has 2 aliphatic rings. The number of hydrogen-bond donors (Lipinski definition) is 3. The summed E-state index contributed by atoms with van der Waals surface area (Å²) in [5.41, 5.74) is -0.964. The topological polar surface area (TPSA) is 105 Å². The number of piperidine rings is 1. The van der Waals surface area contributed by atoms with Crippen LogP contribution in [-0.4, -0.2) is 54.2 Å². The normalized spacial score (nSPS) is 25.1. The van der Waals surface area contributed by atoms with Crippen molar-refractivity contribution in [2.24, 2.45) is 5.41 Å². The van der Waals surface area contributed by atoms with Crippen molar-refractivity contribution in [2.75, 3.05) is 26.3 Å². The van der Waals surface area contributed by atoms with Crippen molar-refractivity contribution in [3.8, 4) is 0 Å². The molecule has 0 aliphatic carbocycles. The fraction of sp³-hybridized carbons (Fsp3) is 0.833. The number of nitrogens with one attached hydrogen (secondary N) is 1. The van der Waals surface area contributed by atoms with Gasteiger partial charge < -0.3 is 25.0 Å². The van der Waals surface area contributed by atoms with Gasteiger partial charge in [-0.2, -0.15) is 0 Å². The smallest absolute Gasteiger partial charge is 0.304 e. The van der Waals surface area contributed by atoms with Crippen LogP contribution in [-0.2, 0) is 19.1 Å². The fourth-order valence-electron chi connectivity index (χ4n) is 2.66. The van der Waals surface area contributed by atoms with Gasteiger partial charge in [-0.25, -0.2) is 0 Å². The van der Waals surface area contributed by atoms with Gasteiger partial charge in [-0.1, -0.05) is 0 Å². The minimum absolute atomic E-state index is 0.117. The van der Waals surface area contributed by atoms with Crippen molar-refractivity contribution in [3.63, 3.8) is 0 Å². The number of carboxylic acids is 2. The van der Waals surface area contributed by atoms with Gasteiger partial charge in [0, 0.05) is 31.3 Å². The zero-order chi connectivity index (χ0) is 13.9. The van der Waals surface area contributed by atoms with Crippen LogP contribution in [0.3, 0.4) is 0 Å². The van der Waals surface area contributed by atoms with Crippen LogP contribution in [0, 0.1) is 5.41 Å². The summed E-state index contributed by atoms with van der Waals surface area (Å²) < 4.78 is 11.5. The van der Waals surface area contributed by atoms with E-state index in [1.54, 1.807) is 0 Å². The molecule has 2 heterocycles. The minimum Gasteiger partial charge on any atom is -0.481 e. The van der Waals surface area contributed by atoms with E-state index in [0.29, 0.717) is 12.8 Å². The molecule has 0 aromatic carbocycles. The van der Waals surface area contributed by atoms with Gasteiger partial charge in [0.15, 0.2) is 5.79 Å². The van der Waals surface area contributed by atoms with Crippen molar-refractivity contribution >= 4 is 11.9 Å². The number of ether oxygens (including phenoxy) is 2. The molecule has 1 spiro atoms. The molecule has 0 aromatic heterocycles. The molecule has 0 aromatic rings. The van der Waals surface area contributed by atoms with E-state index in [4.69, 9.17) is 19.7 Å². The van der Waals surface area contributed by atoms with E-state index in [2.05, 4.69) is 5.32 Å². The molecular weight excluding hydrogens is 254 g/mol. The number of rotatable bonds is 4. The highest BCUT2D eigenvalue weighted by Gasteiger charge is 2.47. The molecule has 19 heavy (non-hydrogen) atoms. The molecule has 0 saturated carbocycles. The maximum atomic E-state index is 10.9. The second-order valence-electron chi connectivity index (χ2n) is 5.38. The maximum absolute atomic E-state index is 10.9. The third kappa shape index (κ3) is 3.43. The molecule has 108 valence electrons. The molecule has 2 fully saturated rings. The summed E-state index contributed by atoms with van der Waals surface area (Å²) >= 11 is 0. The van der Waals surface area contributed by atoms with Gasteiger partial charge in [-0.3, -0.25) is 9.59 Å². The van der Waals surface area contributed by atoms with E-state index in [0.717, 1.165) is 13.1 Å². The van der Waals surface area contributed by atoms with Gasteiger partial charge in [-0.05, 0) is 0 Å². The Morgan fingerprint density at radius 1 is 1.00 bits per heavy atom. The van der Waals surface area contributed by atoms with Crippen molar-refractivity contribution in [3.05, 3.63) is 0 Å². The van der Waals surface area contributed by atoms with Crippen LogP contribution in [0.2, 0.25) is 0 Å². The van der Waals surface area contributed by atoms with Gasteiger partial charge in [0.2, 0.25) is 0 Å². The van der Waals surface area contributed by atoms with E-state index < -0.39 is 23.1 Å². The van der Waals surface area contributed by atoms with Crippen LogP contribution in [0.1, 0.15) is 25.7 Å². The molecule has 0 amide bonds. The third-order valence-corrected chi connectivity index (χ3v) is 3.70. The lowest BCUT2D eigenvalue weighted by molar-refractivity contribution is -0.313. The standard InChI is InChI=1S/C12H19NO6/c14-9(15)5-11(6-10(16)17)7-18-12(19-8-11)1-3-13-4-2-12/h13H,1-8H2,(H,14,15)(H,16,17). The Morgan fingerprint density at radius 2 is 1.47 bits per heavy atom. The molecule has 7 heteroatoms. The lowest BCUT2D eigenvalue weighted by atomic mass is 9.81. The minimum atomic E-state index is -1.03. The maximum Gasteiger partial charge on any atom is 0.304 e. The molecule has 0 bridgehead atoms. The zero-order valence-electron chi connectivity index (χ0n) is 10.7. The van der Waals surface area contributed by atoms with Gasteiger partial charge in [0.05, 0.1) is 26.1 Å². The predicted octanol–water partition coefficient (Wildman–Crippen LogP) is 0.0487. The summed E-state index contributed by atoms with van der Waals surface area (Å²) in [5.74, 6) is -2.73. The summed E-state index contributed by atoms with van der Waals surface area (Å²) in [4.78, 5) is 21.8. The summed E-state index contributed by atoms with van der Waals surface area (Å²) in [6.07, 6.45) is 0.883. The first-order chi connectivity index (χ1) is 8.95. The Labute approximate surface area is 110 Å². The molecule has 7 nitrogen and oxygen atoms in total. The van der Waals surface area contributed by atoms with Crippen molar-refractivity contribution < 1.29 is 29.3 Å². The van der Waals surface area contributed by atoms with Gasteiger partial charge in [-0.15, -0.1) is 0 Å². The molecule has 2 saturated heterocycles. The molecule has 0 atom stereocenters.